The molecule has 0 aliphatic carbocycles. The van der Waals surface area contributed by atoms with Gasteiger partial charge in [-0.25, -0.2) is 0 Å². The van der Waals surface area contributed by atoms with Gasteiger partial charge < -0.3 is 9.88 Å². The molecule has 128 valence electrons. The molecule has 1 amide bonds. The number of pyridine rings is 1. The molecule has 0 aliphatic heterocycles. The second-order valence-electron chi connectivity index (χ2n) is 7.17. The van der Waals surface area contributed by atoms with Crippen molar-refractivity contribution in [3.63, 3.8) is 0 Å². The zero-order valence-corrected chi connectivity index (χ0v) is 14.9. The van der Waals surface area contributed by atoms with Crippen LogP contribution in [-0.4, -0.2) is 17.0 Å². The van der Waals surface area contributed by atoms with E-state index in [1.807, 2.05) is 37.3 Å². The maximum atomic E-state index is 12.1. The van der Waals surface area contributed by atoms with Crippen LogP contribution >= 0.6 is 0 Å². The zero-order chi connectivity index (χ0) is 17.7. The average molecular weight is 326 g/mol. The van der Waals surface area contributed by atoms with Gasteiger partial charge in [-0.15, -0.1) is 0 Å². The fourth-order valence-corrected chi connectivity index (χ4v) is 2.47. The Morgan fingerprint density at radius 3 is 2.38 bits per heavy atom. The monoisotopic (exact) mass is 326 g/mol. The number of amides is 1. The Labute approximate surface area is 143 Å². The first kappa shape index (κ1) is 18.0. The molecular weight excluding hydrogens is 300 g/mol. The predicted molar refractivity (Wildman–Crippen MR) is 97.5 cm³/mol. The van der Waals surface area contributed by atoms with Crippen molar-refractivity contribution >= 4 is 5.91 Å². The highest BCUT2D eigenvalue weighted by Gasteiger charge is 2.14. The highest BCUT2D eigenvalue weighted by molar-refractivity contribution is 5.94. The van der Waals surface area contributed by atoms with Crippen LogP contribution in [0.1, 0.15) is 48.7 Å². The number of nitrogens with one attached hydrogen (secondary N) is 1. The topological polar surface area (TPSA) is 51.1 Å². The molecule has 0 bridgehead atoms. The number of rotatable bonds is 5. The second-order valence-corrected chi connectivity index (χ2v) is 7.17. The summed E-state index contributed by atoms with van der Waals surface area (Å²) in [6, 6.07) is 11.3. The van der Waals surface area contributed by atoms with E-state index in [2.05, 4.69) is 26.1 Å². The van der Waals surface area contributed by atoms with E-state index >= 15 is 0 Å². The van der Waals surface area contributed by atoms with Crippen LogP contribution in [0.25, 0.3) is 0 Å². The Bertz CT molecular complexity index is 752. The summed E-state index contributed by atoms with van der Waals surface area (Å²) < 4.78 is 1.66. The Kier molecular flexibility index (Phi) is 5.60. The van der Waals surface area contributed by atoms with Gasteiger partial charge in [-0.2, -0.15) is 0 Å². The molecular formula is C20H26N2O2. The van der Waals surface area contributed by atoms with Crippen molar-refractivity contribution in [3.05, 3.63) is 69.6 Å². The zero-order valence-electron chi connectivity index (χ0n) is 14.9. The van der Waals surface area contributed by atoms with Gasteiger partial charge in [0.2, 0.25) is 0 Å². The predicted octanol–water partition coefficient (Wildman–Crippen LogP) is 3.27. The molecule has 0 fully saturated rings. The van der Waals surface area contributed by atoms with E-state index in [0.29, 0.717) is 18.7 Å². The van der Waals surface area contributed by atoms with E-state index in [-0.39, 0.29) is 16.9 Å². The van der Waals surface area contributed by atoms with Crippen LogP contribution in [0, 0.1) is 6.92 Å². The average Bonchev–Trinajstić information content (AvgIpc) is 2.52. The Morgan fingerprint density at radius 1 is 1.12 bits per heavy atom. The van der Waals surface area contributed by atoms with Crippen molar-refractivity contribution in [1.82, 2.24) is 9.88 Å². The molecule has 0 spiro atoms. The number of hydrogen-bond acceptors (Lipinski definition) is 2. The Balaban J connectivity index is 1.84. The van der Waals surface area contributed by atoms with Gasteiger partial charge >= 0.3 is 0 Å². The fourth-order valence-electron chi connectivity index (χ4n) is 2.47. The lowest BCUT2D eigenvalue weighted by atomic mass is 9.87. The first-order valence-corrected chi connectivity index (χ1v) is 8.33. The molecule has 4 nitrogen and oxygen atoms in total. The van der Waals surface area contributed by atoms with Crippen molar-refractivity contribution in [3.8, 4) is 0 Å². The molecule has 2 rings (SSSR count). The fraction of sp³-hybridized carbons (Fsp3) is 0.400. The Hall–Kier alpha value is -2.36. The number of carbonyl (C=O) groups excluding carboxylic acids is 1. The quantitative estimate of drug-likeness (QED) is 0.857. The largest absolute Gasteiger partial charge is 0.352 e. The van der Waals surface area contributed by atoms with E-state index in [4.69, 9.17) is 0 Å². The molecule has 1 N–H and O–H groups in total. The summed E-state index contributed by atoms with van der Waals surface area (Å²) in [6.45, 7) is 9.48. The second kappa shape index (κ2) is 7.47. The van der Waals surface area contributed by atoms with E-state index < -0.39 is 0 Å². The molecule has 0 radical (unpaired) electrons. The van der Waals surface area contributed by atoms with Gasteiger partial charge in [0, 0.05) is 30.9 Å². The minimum atomic E-state index is -0.0771. The van der Waals surface area contributed by atoms with Crippen LogP contribution < -0.4 is 10.9 Å². The molecule has 0 saturated heterocycles. The molecule has 1 aromatic heterocycles. The molecule has 0 atom stereocenters. The Morgan fingerprint density at radius 2 is 1.79 bits per heavy atom. The van der Waals surface area contributed by atoms with Gasteiger partial charge in [0.15, 0.2) is 0 Å². The lowest BCUT2D eigenvalue weighted by Gasteiger charge is -2.19. The smallest absolute Gasteiger partial charge is 0.251 e. The van der Waals surface area contributed by atoms with E-state index in [1.54, 1.807) is 16.8 Å². The number of aryl methyl sites for hydroxylation is 2. The van der Waals surface area contributed by atoms with Gasteiger partial charge in [-0.1, -0.05) is 32.9 Å². The van der Waals surface area contributed by atoms with Crippen LogP contribution in [0.3, 0.4) is 0 Å². The van der Waals surface area contributed by atoms with Crippen molar-refractivity contribution in [2.24, 2.45) is 0 Å². The summed E-state index contributed by atoms with van der Waals surface area (Å²) >= 11 is 0. The van der Waals surface area contributed by atoms with Gasteiger partial charge in [0.1, 0.15) is 0 Å². The summed E-state index contributed by atoms with van der Waals surface area (Å²) in [5, 5.41) is 2.90. The maximum absolute atomic E-state index is 12.1. The number of aromatic nitrogens is 1. The first-order chi connectivity index (χ1) is 11.3. The normalized spacial score (nSPS) is 11.3. The third-order valence-corrected chi connectivity index (χ3v) is 4.03. The number of hydrogen-bond donors (Lipinski definition) is 1. The molecule has 1 heterocycles. The molecule has 1 aromatic carbocycles. The minimum Gasteiger partial charge on any atom is -0.352 e. The van der Waals surface area contributed by atoms with Gasteiger partial charge in [-0.05, 0) is 48.1 Å². The van der Waals surface area contributed by atoms with Gasteiger partial charge in [0.25, 0.3) is 11.5 Å². The summed E-state index contributed by atoms with van der Waals surface area (Å²) in [6.07, 6.45) is 2.51. The van der Waals surface area contributed by atoms with E-state index in [9.17, 15) is 9.59 Å². The molecule has 0 unspecified atom stereocenters. The SMILES string of the molecule is Cc1ccn(CCCNC(=O)c2ccc(C(C)(C)C)cc2)c(=O)c1. The van der Waals surface area contributed by atoms with Crippen molar-refractivity contribution < 1.29 is 4.79 Å². The summed E-state index contributed by atoms with van der Waals surface area (Å²) in [4.78, 5) is 23.9. The molecule has 4 heteroatoms. The first-order valence-electron chi connectivity index (χ1n) is 8.33. The lowest BCUT2D eigenvalue weighted by Crippen LogP contribution is -2.27. The standard InChI is InChI=1S/C20H26N2O2/c1-15-10-13-22(18(23)14-15)12-5-11-21-19(24)16-6-8-17(9-7-16)20(2,3)4/h6-10,13-14H,5,11-12H2,1-4H3,(H,21,24). The molecule has 2 aromatic rings. The third-order valence-electron chi connectivity index (χ3n) is 4.03. The van der Waals surface area contributed by atoms with Gasteiger partial charge in [-0.3, -0.25) is 9.59 Å². The lowest BCUT2D eigenvalue weighted by molar-refractivity contribution is 0.0952. The number of nitrogens with zero attached hydrogens (tertiary/aromatic N) is 1. The summed E-state index contributed by atoms with van der Waals surface area (Å²) in [7, 11) is 0. The van der Waals surface area contributed by atoms with Crippen LogP contribution in [0.5, 0.6) is 0 Å². The highest BCUT2D eigenvalue weighted by Crippen LogP contribution is 2.22. The number of carbonyl (C=O) groups is 1. The summed E-state index contributed by atoms with van der Waals surface area (Å²) in [5.74, 6) is -0.0771. The molecule has 0 saturated carbocycles. The minimum absolute atomic E-state index is 0.000837. The van der Waals surface area contributed by atoms with Crippen LogP contribution in [0.15, 0.2) is 47.4 Å². The van der Waals surface area contributed by atoms with Crippen LogP contribution in [-0.2, 0) is 12.0 Å². The van der Waals surface area contributed by atoms with Crippen molar-refractivity contribution in [1.29, 1.82) is 0 Å². The summed E-state index contributed by atoms with van der Waals surface area (Å²) in [5.41, 5.74) is 2.91. The third kappa shape index (κ3) is 4.82. The van der Waals surface area contributed by atoms with Crippen molar-refractivity contribution in [2.45, 2.75) is 46.1 Å². The number of benzene rings is 1. The molecule has 24 heavy (non-hydrogen) atoms. The van der Waals surface area contributed by atoms with Crippen LogP contribution in [0.2, 0.25) is 0 Å². The maximum Gasteiger partial charge on any atom is 0.251 e. The van der Waals surface area contributed by atoms with E-state index in [1.165, 1.54) is 5.56 Å². The van der Waals surface area contributed by atoms with Crippen LogP contribution in [0.4, 0.5) is 0 Å². The molecule has 0 aliphatic rings. The van der Waals surface area contributed by atoms with Gasteiger partial charge in [0.05, 0.1) is 0 Å². The highest BCUT2D eigenvalue weighted by atomic mass is 16.1. The van der Waals surface area contributed by atoms with E-state index in [0.717, 1.165) is 12.0 Å². The van der Waals surface area contributed by atoms with Crippen molar-refractivity contribution in [2.75, 3.05) is 6.54 Å².